The van der Waals surface area contributed by atoms with Crippen LogP contribution in [0.25, 0.3) is 6.08 Å². The van der Waals surface area contributed by atoms with E-state index in [9.17, 15) is 24.9 Å². The third-order valence-electron chi connectivity index (χ3n) is 15.0. The number of carbonyl (C=O) groups is 2. The lowest BCUT2D eigenvalue weighted by atomic mass is 9.32. The van der Waals surface area contributed by atoms with Gasteiger partial charge in [0.15, 0.2) is 0 Å². The second-order valence-electron chi connectivity index (χ2n) is 17.0. The fourth-order valence-electron chi connectivity index (χ4n) is 12.7. The van der Waals surface area contributed by atoms with Crippen molar-refractivity contribution in [1.82, 2.24) is 0 Å². The van der Waals surface area contributed by atoms with Crippen LogP contribution < -0.4 is 0 Å². The molecule has 1 aromatic rings. The zero-order chi connectivity index (χ0) is 32.7. The number of aliphatic hydroxyl groups is 1. The normalized spacial score (nSPS) is 45.1. The molecule has 6 nitrogen and oxygen atoms in total. The lowest BCUT2D eigenvalue weighted by molar-refractivity contribution is -0.265. The molecule has 0 amide bonds. The number of phenolic OH excluding ortho intramolecular Hbond substituents is 1. The molecule has 0 spiro atoms. The van der Waals surface area contributed by atoms with E-state index in [1.165, 1.54) is 6.08 Å². The Hall–Kier alpha value is -2.60. The van der Waals surface area contributed by atoms with Crippen LogP contribution in [-0.4, -0.2) is 39.5 Å². The van der Waals surface area contributed by atoms with Gasteiger partial charge in [-0.05, 0) is 140 Å². The van der Waals surface area contributed by atoms with Crippen molar-refractivity contribution in [3.05, 3.63) is 48.1 Å². The molecule has 5 saturated carbocycles. The molecule has 5 aliphatic carbocycles. The van der Waals surface area contributed by atoms with Crippen molar-refractivity contribution in [2.24, 2.45) is 56.7 Å². The number of phenols is 1. The van der Waals surface area contributed by atoms with Gasteiger partial charge in [0.2, 0.25) is 0 Å². The Morgan fingerprint density at radius 1 is 0.911 bits per heavy atom. The average molecular weight is 619 g/mol. The van der Waals surface area contributed by atoms with Crippen molar-refractivity contribution < 1.29 is 29.6 Å². The molecule has 5 aliphatic rings. The Morgan fingerprint density at radius 2 is 1.60 bits per heavy atom. The number of aromatic hydroxyl groups is 1. The molecule has 246 valence electrons. The first-order valence-corrected chi connectivity index (χ1v) is 17.3. The molecule has 0 saturated heterocycles. The average Bonchev–Trinajstić information content (AvgIpc) is 3.37. The highest BCUT2D eigenvalue weighted by molar-refractivity contribution is 5.87. The third-order valence-corrected chi connectivity index (χ3v) is 15.0. The summed E-state index contributed by atoms with van der Waals surface area (Å²) < 4.78 is 6.08. The van der Waals surface area contributed by atoms with Gasteiger partial charge in [-0.25, -0.2) is 4.79 Å². The maximum absolute atomic E-state index is 13.1. The number of aliphatic hydroxyl groups excluding tert-OH is 1. The van der Waals surface area contributed by atoms with Gasteiger partial charge < -0.3 is 20.1 Å². The predicted octanol–water partition coefficient (Wildman–Crippen LogP) is 8.03. The van der Waals surface area contributed by atoms with E-state index in [-0.39, 0.29) is 39.7 Å². The van der Waals surface area contributed by atoms with Crippen molar-refractivity contribution in [3.63, 3.8) is 0 Å². The number of allylic oxidation sites excluding steroid dienone is 1. The van der Waals surface area contributed by atoms with Crippen molar-refractivity contribution in [2.75, 3.05) is 0 Å². The third kappa shape index (κ3) is 4.58. The number of fused-ring (bicyclic) bond motifs is 7. The van der Waals surface area contributed by atoms with Crippen LogP contribution in [0.1, 0.15) is 105 Å². The van der Waals surface area contributed by atoms with Crippen LogP contribution in [0.2, 0.25) is 0 Å². The van der Waals surface area contributed by atoms with Crippen molar-refractivity contribution in [1.29, 1.82) is 0 Å². The fourth-order valence-corrected chi connectivity index (χ4v) is 12.7. The standard InChI is InChI=1S/C39H54O6/c1-23(2)26-16-19-39(34(43)44)21-20-37(6)27(32(26)39)13-14-30-36(5)22-28(33(42)35(3,4)29(36)17-18-38(30,37)7)45-31(41)15-10-24-8-11-25(40)12-9-24/h8-12,15,26-30,32-33,40,42H,1,13-14,16-22H2,2-7H3,(H,43,44)/b15-10-/t26-,27+,28+,29-,30+,32+,33-,36-,37+,38+,39-/m0/s1. The Balaban J connectivity index is 1.30. The van der Waals surface area contributed by atoms with Crippen LogP contribution in [-0.2, 0) is 14.3 Å². The molecule has 6 rings (SSSR count). The summed E-state index contributed by atoms with van der Waals surface area (Å²) in [4.78, 5) is 26.1. The molecular formula is C39H54O6. The van der Waals surface area contributed by atoms with Gasteiger partial charge in [-0.15, -0.1) is 0 Å². The lowest BCUT2D eigenvalue weighted by Crippen LogP contribution is -2.68. The maximum atomic E-state index is 13.1. The number of carbonyl (C=O) groups excluding carboxylic acids is 1. The summed E-state index contributed by atoms with van der Waals surface area (Å²) in [6, 6.07) is 6.63. The molecule has 3 N–H and O–H groups in total. The highest BCUT2D eigenvalue weighted by atomic mass is 16.6. The molecule has 45 heavy (non-hydrogen) atoms. The second-order valence-corrected chi connectivity index (χ2v) is 17.0. The topological polar surface area (TPSA) is 104 Å². The van der Waals surface area contributed by atoms with Gasteiger partial charge in [-0.3, -0.25) is 4.79 Å². The first-order chi connectivity index (χ1) is 21.0. The summed E-state index contributed by atoms with van der Waals surface area (Å²) in [5.74, 6) is 0.504. The quantitative estimate of drug-likeness (QED) is 0.175. The smallest absolute Gasteiger partial charge is 0.331 e. The van der Waals surface area contributed by atoms with Crippen LogP contribution in [0.3, 0.4) is 0 Å². The van der Waals surface area contributed by atoms with Crippen LogP contribution in [0.5, 0.6) is 5.75 Å². The van der Waals surface area contributed by atoms with E-state index in [0.29, 0.717) is 18.3 Å². The molecule has 0 heterocycles. The number of esters is 1. The summed E-state index contributed by atoms with van der Waals surface area (Å²) in [5, 5.41) is 31.9. The summed E-state index contributed by atoms with van der Waals surface area (Å²) in [6.07, 6.45) is 9.84. The Kier molecular flexibility index (Phi) is 7.70. The molecule has 5 fully saturated rings. The molecule has 0 bridgehead atoms. The minimum Gasteiger partial charge on any atom is -0.508 e. The number of benzene rings is 1. The number of aliphatic carboxylic acids is 1. The molecule has 1 aromatic carbocycles. The molecular weight excluding hydrogens is 564 g/mol. The summed E-state index contributed by atoms with van der Waals surface area (Å²) >= 11 is 0. The highest BCUT2D eigenvalue weighted by Gasteiger charge is 2.72. The minimum absolute atomic E-state index is 0.00475. The SMILES string of the molecule is C=C(C)[C@@H]1CC[C@]2(C(=O)O)CC[C@]3(C)[C@H](CC[C@@H]4[C@@]5(C)C[C@@H](OC(=O)/C=C\c6ccc(O)cc6)[C@H](O)C(C)(C)[C@@H]5CC[C@]43C)[C@@H]12. The Morgan fingerprint density at radius 3 is 2.24 bits per heavy atom. The van der Waals surface area contributed by atoms with Gasteiger partial charge in [0.1, 0.15) is 11.9 Å². The van der Waals surface area contributed by atoms with Crippen molar-refractivity contribution in [3.8, 4) is 5.75 Å². The minimum atomic E-state index is -0.765. The van der Waals surface area contributed by atoms with Crippen molar-refractivity contribution in [2.45, 2.75) is 112 Å². The maximum Gasteiger partial charge on any atom is 0.331 e. The van der Waals surface area contributed by atoms with Crippen LogP contribution >= 0.6 is 0 Å². The van der Waals surface area contributed by atoms with Gasteiger partial charge in [-0.2, -0.15) is 0 Å². The number of carboxylic acids is 1. The monoisotopic (exact) mass is 618 g/mol. The van der Waals surface area contributed by atoms with Gasteiger partial charge in [0.05, 0.1) is 11.5 Å². The van der Waals surface area contributed by atoms with E-state index >= 15 is 0 Å². The summed E-state index contributed by atoms with van der Waals surface area (Å²) in [6.45, 7) is 18.2. The van der Waals surface area contributed by atoms with E-state index in [4.69, 9.17) is 4.74 Å². The molecule has 6 heteroatoms. The first-order valence-electron chi connectivity index (χ1n) is 17.3. The second kappa shape index (κ2) is 10.7. The largest absolute Gasteiger partial charge is 0.508 e. The number of rotatable bonds is 5. The number of carboxylic acid groups (broad SMARTS) is 1. The number of ether oxygens (including phenoxy) is 1. The zero-order valence-electron chi connectivity index (χ0n) is 28.1. The van der Waals surface area contributed by atoms with Gasteiger partial charge >= 0.3 is 11.9 Å². The first kappa shape index (κ1) is 32.3. The Labute approximate surface area is 269 Å². The molecule has 0 radical (unpaired) electrons. The summed E-state index contributed by atoms with van der Waals surface area (Å²) in [5.41, 5.74) is 0.735. The van der Waals surface area contributed by atoms with Crippen LogP contribution in [0, 0.1) is 56.7 Å². The van der Waals surface area contributed by atoms with Crippen LogP contribution in [0.4, 0.5) is 0 Å². The fraction of sp³-hybridized carbons (Fsp3) is 0.692. The van der Waals surface area contributed by atoms with Crippen LogP contribution in [0.15, 0.2) is 42.5 Å². The Bertz CT molecular complexity index is 1390. The highest BCUT2D eigenvalue weighted by Crippen LogP contribution is 2.77. The van der Waals surface area contributed by atoms with Crippen molar-refractivity contribution >= 4 is 18.0 Å². The van der Waals surface area contributed by atoms with E-state index < -0.39 is 35.0 Å². The summed E-state index contributed by atoms with van der Waals surface area (Å²) in [7, 11) is 0. The van der Waals surface area contributed by atoms with E-state index in [1.807, 2.05) is 0 Å². The van der Waals surface area contributed by atoms with E-state index in [2.05, 4.69) is 48.1 Å². The molecule has 0 aromatic heterocycles. The van der Waals surface area contributed by atoms with E-state index in [0.717, 1.165) is 62.5 Å². The molecule has 11 atom stereocenters. The molecule has 0 unspecified atom stereocenters. The van der Waals surface area contributed by atoms with Gasteiger partial charge in [-0.1, -0.05) is 58.9 Å². The van der Waals surface area contributed by atoms with Gasteiger partial charge in [0, 0.05) is 6.08 Å². The number of hydrogen-bond acceptors (Lipinski definition) is 5. The van der Waals surface area contributed by atoms with Gasteiger partial charge in [0.25, 0.3) is 0 Å². The lowest BCUT2D eigenvalue weighted by Gasteiger charge is -2.73. The molecule has 0 aliphatic heterocycles. The zero-order valence-corrected chi connectivity index (χ0v) is 28.1. The predicted molar refractivity (Wildman–Crippen MR) is 175 cm³/mol. The van der Waals surface area contributed by atoms with E-state index in [1.54, 1.807) is 30.3 Å². The number of hydrogen-bond donors (Lipinski definition) is 3.